The van der Waals surface area contributed by atoms with E-state index in [0.717, 1.165) is 38.5 Å². The van der Waals surface area contributed by atoms with Gasteiger partial charge in [0.15, 0.2) is 37.6 Å². The average molecular weight is 1310 g/mol. The van der Waals surface area contributed by atoms with E-state index in [4.69, 9.17) is 56.8 Å². The van der Waals surface area contributed by atoms with Crippen molar-refractivity contribution >= 4 is 5.97 Å². The second-order valence-electron chi connectivity index (χ2n) is 23.6. The molecule has 0 aliphatic carbocycles. The predicted octanol–water partition coefficient (Wildman–Crippen LogP) is -6.18. The molecule has 6 rings (SSSR count). The summed E-state index contributed by atoms with van der Waals surface area (Å²) in [7, 11) is 0. The van der Waals surface area contributed by atoms with E-state index in [1.807, 2.05) is 0 Å². The van der Waals surface area contributed by atoms with Gasteiger partial charge in [-0.05, 0) is 38.5 Å². The molecule has 90 heavy (non-hydrogen) atoms. The van der Waals surface area contributed by atoms with Gasteiger partial charge in [0.2, 0.25) is 6.29 Å². The summed E-state index contributed by atoms with van der Waals surface area (Å²) in [5.41, 5.74) is 0. The van der Waals surface area contributed by atoms with Gasteiger partial charge in [-0.25, -0.2) is 0 Å². The van der Waals surface area contributed by atoms with Crippen LogP contribution in [0.3, 0.4) is 0 Å². The van der Waals surface area contributed by atoms with Crippen molar-refractivity contribution in [3.8, 4) is 0 Å². The maximum absolute atomic E-state index is 13.4. The van der Waals surface area contributed by atoms with Crippen molar-refractivity contribution in [1.82, 2.24) is 0 Å². The zero-order valence-corrected chi connectivity index (χ0v) is 50.5. The summed E-state index contributed by atoms with van der Waals surface area (Å²) < 4.78 is 69.9. The molecule has 6 fully saturated rings. The van der Waals surface area contributed by atoms with Gasteiger partial charge in [0, 0.05) is 6.42 Å². The molecule has 524 valence electrons. The van der Waals surface area contributed by atoms with Crippen molar-refractivity contribution in [2.75, 3.05) is 39.6 Å². The van der Waals surface area contributed by atoms with E-state index in [1.165, 1.54) is 44.9 Å². The van der Waals surface area contributed by atoms with Crippen molar-refractivity contribution < 1.29 is 159 Å². The van der Waals surface area contributed by atoms with E-state index in [0.29, 0.717) is 12.8 Å². The Kier molecular flexibility index (Phi) is 32.8. The summed E-state index contributed by atoms with van der Waals surface area (Å²) in [6.07, 6.45) is -36.8. The Balaban J connectivity index is 1.16. The Bertz CT molecular complexity index is 2070. The van der Waals surface area contributed by atoms with Gasteiger partial charge in [-0.3, -0.25) is 4.79 Å². The number of carbonyl (C=O) groups is 1. The number of allylic oxidation sites excluding steroid dienone is 4. The summed E-state index contributed by atoms with van der Waals surface area (Å²) in [6.45, 7) is -3.75. The van der Waals surface area contributed by atoms with Crippen LogP contribution in [0, 0.1) is 0 Å². The summed E-state index contributed by atoms with van der Waals surface area (Å²) in [6, 6.07) is 0. The van der Waals surface area contributed by atoms with Crippen LogP contribution < -0.4 is 0 Å². The number of rotatable bonds is 35. The molecule has 0 spiro atoms. The molecule has 0 bridgehead atoms. The monoisotopic (exact) mass is 1310 g/mol. The SMILES string of the molecule is CCCCCCCCC/C=C/C/C=C/CCCCCCCC(=O)O[C@H]1O[C@H](CO)[C@@H](O)[C@H](O)[C@H]1O[C@H]1O[C@H](CO)[C@@H](O)[C@H](O)[C@H]1O[C@H]1O[C@H](CO)[C@@H](O)[C@H](O)[C@H]1O[C@H]1O[C@H](CO)[C@@H](O)[C@H](O)[C@H]1O[C@H]1O[C@H](CO)[C@@H](O)[C@H](O)[C@H]1O[C@H]1O[C@H](CO)[C@@H](O)[C@H](O)[C@H]1O. The first-order chi connectivity index (χ1) is 43.2. The van der Waals surface area contributed by atoms with Crippen molar-refractivity contribution in [3.05, 3.63) is 24.3 Å². The summed E-state index contributed by atoms with van der Waals surface area (Å²) in [5.74, 6) is -0.849. The normalized spacial score (nSPS) is 42.9. The highest BCUT2D eigenvalue weighted by atomic mass is 16.8. The molecule has 6 aliphatic heterocycles. The van der Waals surface area contributed by atoms with Gasteiger partial charge in [0.05, 0.1) is 39.6 Å². The topological polar surface area (TPSA) is 512 Å². The first-order valence-corrected chi connectivity index (χ1v) is 31.4. The molecule has 0 saturated carbocycles. The van der Waals surface area contributed by atoms with Gasteiger partial charge in [0.25, 0.3) is 0 Å². The summed E-state index contributed by atoms with van der Waals surface area (Å²) in [4.78, 5) is 13.4. The molecule has 32 nitrogen and oxygen atoms in total. The lowest BCUT2D eigenvalue weighted by atomic mass is 9.95. The summed E-state index contributed by atoms with van der Waals surface area (Å²) in [5, 5.41) is 206. The number of hydrogen-bond acceptors (Lipinski definition) is 32. The number of aliphatic hydroxyl groups excluding tert-OH is 19. The number of carbonyl (C=O) groups excluding carboxylic acids is 1. The Morgan fingerprint density at radius 1 is 0.311 bits per heavy atom. The molecule has 0 aromatic heterocycles. The van der Waals surface area contributed by atoms with Crippen molar-refractivity contribution in [1.29, 1.82) is 0 Å². The molecule has 6 aliphatic rings. The molecule has 30 atom stereocenters. The highest BCUT2D eigenvalue weighted by molar-refractivity contribution is 5.69. The highest BCUT2D eigenvalue weighted by Gasteiger charge is 2.59. The molecule has 32 heteroatoms. The van der Waals surface area contributed by atoms with Crippen LogP contribution in [0.15, 0.2) is 24.3 Å². The fraction of sp³-hybridized carbons (Fsp3) is 0.914. The molecule has 0 radical (unpaired) electrons. The van der Waals surface area contributed by atoms with Crippen LogP contribution in [0.2, 0.25) is 0 Å². The largest absolute Gasteiger partial charge is 0.433 e. The highest BCUT2D eigenvalue weighted by Crippen LogP contribution is 2.38. The molecule has 0 amide bonds. The Morgan fingerprint density at radius 2 is 0.578 bits per heavy atom. The van der Waals surface area contributed by atoms with Gasteiger partial charge in [0.1, 0.15) is 140 Å². The molecule has 0 aromatic rings. The summed E-state index contributed by atoms with van der Waals surface area (Å²) >= 11 is 0. The number of esters is 1. The Labute approximate surface area is 521 Å². The van der Waals surface area contributed by atoms with Crippen molar-refractivity contribution in [3.63, 3.8) is 0 Å². The standard InChI is InChI=1S/C58H100O32/c1-2-3-4-5-6-7-8-9-10-11-12-13-14-15-16-17-18-19-20-21-34(65)85-54-48(42(73)36(67)29(23-60)80-54)87-56-50(44(75)38(69)31(25-62)82-56)89-58-52(46(77)40(71)33(27-64)84-58)90-57-51(45(76)39(70)32(26-63)83-57)88-55-49(43(74)37(68)30(24-61)81-55)86-53-47(78)41(72)35(66)28(22-59)79-53/h10-11,13-14,28-33,35-64,66-78H,2-9,12,15-27H2,1H3/b11-10+,14-13+/t28-,29-,30-,31-,32-,33-,35-,36-,37-,38-,39-,40-,41+,42+,43+,44+,45+,46+,47-,48-,49-,50-,51-,52-,53-,54-,55-,56-,57-,58-/m1/s1. The van der Waals surface area contributed by atoms with E-state index in [1.54, 1.807) is 0 Å². The minimum absolute atomic E-state index is 0.145. The van der Waals surface area contributed by atoms with Crippen LogP contribution >= 0.6 is 0 Å². The lowest BCUT2D eigenvalue weighted by Crippen LogP contribution is -2.69. The van der Waals surface area contributed by atoms with E-state index >= 15 is 0 Å². The zero-order valence-electron chi connectivity index (χ0n) is 50.5. The van der Waals surface area contributed by atoms with Crippen LogP contribution in [-0.4, -0.2) is 327 Å². The van der Waals surface area contributed by atoms with E-state index in [2.05, 4.69) is 31.2 Å². The number of hydrogen-bond donors (Lipinski definition) is 19. The maximum Gasteiger partial charge on any atom is 0.308 e. The van der Waals surface area contributed by atoms with Crippen molar-refractivity contribution in [2.45, 2.75) is 294 Å². The smallest absolute Gasteiger partial charge is 0.308 e. The van der Waals surface area contributed by atoms with E-state index in [-0.39, 0.29) is 6.42 Å². The second kappa shape index (κ2) is 38.5. The molecule has 6 heterocycles. The van der Waals surface area contributed by atoms with Crippen LogP contribution in [-0.2, 0) is 61.6 Å². The van der Waals surface area contributed by atoms with Gasteiger partial charge >= 0.3 is 5.97 Å². The van der Waals surface area contributed by atoms with Gasteiger partial charge in [-0.1, -0.05) is 89.0 Å². The molecule has 0 unspecified atom stereocenters. The van der Waals surface area contributed by atoms with Crippen LogP contribution in [0.4, 0.5) is 0 Å². The molecule has 0 aromatic carbocycles. The molecule has 19 N–H and O–H groups in total. The minimum Gasteiger partial charge on any atom is -0.433 e. The Hall–Kier alpha value is -2.25. The van der Waals surface area contributed by atoms with Gasteiger partial charge in [-0.15, -0.1) is 0 Å². The number of unbranched alkanes of at least 4 members (excludes halogenated alkanes) is 12. The maximum atomic E-state index is 13.4. The average Bonchev–Trinajstić information content (AvgIpc) is 0.900. The van der Waals surface area contributed by atoms with Crippen LogP contribution in [0.25, 0.3) is 0 Å². The van der Waals surface area contributed by atoms with Crippen LogP contribution in [0.1, 0.15) is 110 Å². The lowest BCUT2D eigenvalue weighted by Gasteiger charge is -2.50. The zero-order chi connectivity index (χ0) is 65.8. The molecular formula is C58H100O32. The van der Waals surface area contributed by atoms with Gasteiger partial charge in [-0.2, -0.15) is 0 Å². The van der Waals surface area contributed by atoms with Gasteiger partial charge < -0.3 is 154 Å². The number of aliphatic hydroxyl groups is 19. The third-order valence-electron chi connectivity index (χ3n) is 17.0. The third kappa shape index (κ3) is 20.2. The molecular weight excluding hydrogens is 1210 g/mol. The predicted molar refractivity (Wildman–Crippen MR) is 301 cm³/mol. The minimum atomic E-state index is -2.28. The van der Waals surface area contributed by atoms with E-state index in [9.17, 15) is 102 Å². The molecule has 6 saturated heterocycles. The fourth-order valence-corrected chi connectivity index (χ4v) is 11.5. The number of ether oxygens (including phenoxy) is 12. The fourth-order valence-electron chi connectivity index (χ4n) is 11.5. The lowest BCUT2D eigenvalue weighted by molar-refractivity contribution is -0.417. The van der Waals surface area contributed by atoms with Crippen molar-refractivity contribution in [2.24, 2.45) is 0 Å². The first kappa shape index (κ1) is 76.8. The van der Waals surface area contributed by atoms with E-state index < -0.39 is 230 Å². The third-order valence-corrected chi connectivity index (χ3v) is 17.0. The first-order valence-electron chi connectivity index (χ1n) is 31.4. The second-order valence-corrected chi connectivity index (χ2v) is 23.6. The quantitative estimate of drug-likeness (QED) is 0.0159. The Morgan fingerprint density at radius 3 is 0.911 bits per heavy atom. The van der Waals surface area contributed by atoms with Crippen LogP contribution in [0.5, 0.6) is 0 Å².